The summed E-state index contributed by atoms with van der Waals surface area (Å²) in [4.78, 5) is 14.2. The number of benzene rings is 1. The molecule has 0 saturated carbocycles. The third kappa shape index (κ3) is 2.14. The van der Waals surface area contributed by atoms with E-state index in [0.29, 0.717) is 16.0 Å². The number of carbonyl (C=O) groups is 1. The Balaban J connectivity index is 2.82. The van der Waals surface area contributed by atoms with Crippen LogP contribution in [0.1, 0.15) is 12.5 Å². The van der Waals surface area contributed by atoms with Crippen LogP contribution in [-0.2, 0) is 4.79 Å². The maximum atomic E-state index is 11.2. The van der Waals surface area contributed by atoms with Crippen LogP contribution in [0.4, 0.5) is 11.4 Å². The molecule has 0 saturated heterocycles. The Bertz CT molecular complexity index is 661. The summed E-state index contributed by atoms with van der Waals surface area (Å²) in [5.74, 6) is -0.126. The van der Waals surface area contributed by atoms with Crippen molar-refractivity contribution < 1.29 is 4.79 Å². The normalized spacial score (nSPS) is 10.5. The van der Waals surface area contributed by atoms with Crippen molar-refractivity contribution in [3.8, 4) is 0 Å². The van der Waals surface area contributed by atoms with Crippen molar-refractivity contribution >= 4 is 40.4 Å². The van der Waals surface area contributed by atoms with Crippen LogP contribution in [0.3, 0.4) is 0 Å². The number of anilines is 2. The summed E-state index contributed by atoms with van der Waals surface area (Å²) in [5, 5.41) is 3.63. The Hall–Kier alpha value is -1.88. The number of aromatic amines is 1. The van der Waals surface area contributed by atoms with Crippen molar-refractivity contribution in [2.75, 3.05) is 11.1 Å². The Morgan fingerprint density at radius 2 is 2.18 bits per heavy atom. The van der Waals surface area contributed by atoms with Crippen LogP contribution in [0, 0.1) is 11.6 Å². The zero-order valence-corrected chi connectivity index (χ0v) is 10.4. The smallest absolute Gasteiger partial charge is 0.221 e. The number of fused-ring (bicyclic) bond motifs is 1. The number of carbonyl (C=O) groups excluding carboxylic acids is 1. The van der Waals surface area contributed by atoms with Crippen molar-refractivity contribution in [3.05, 3.63) is 28.4 Å². The van der Waals surface area contributed by atoms with E-state index in [1.807, 2.05) is 19.1 Å². The Kier molecular flexibility index (Phi) is 2.85. The number of nitrogens with one attached hydrogen (secondary N) is 2. The van der Waals surface area contributed by atoms with Gasteiger partial charge in [-0.15, -0.1) is 0 Å². The average molecular weight is 247 g/mol. The topological polar surface area (TPSA) is 70.9 Å². The molecular formula is C12H13N3OS. The lowest BCUT2D eigenvalue weighted by Crippen LogP contribution is -2.08. The minimum absolute atomic E-state index is 0.126. The van der Waals surface area contributed by atoms with Crippen LogP contribution in [-0.4, -0.2) is 10.9 Å². The maximum absolute atomic E-state index is 11.2. The Morgan fingerprint density at radius 3 is 2.82 bits per heavy atom. The number of nitrogens with two attached hydrogens (primary N) is 1. The molecule has 0 spiro atoms. The summed E-state index contributed by atoms with van der Waals surface area (Å²) >= 11 is 5.08. The van der Waals surface area contributed by atoms with Gasteiger partial charge in [-0.2, -0.15) is 0 Å². The number of nitrogen functional groups attached to an aromatic ring is 1. The van der Waals surface area contributed by atoms with Crippen LogP contribution >= 0.6 is 12.2 Å². The molecule has 2 aromatic rings. The molecule has 0 fully saturated rings. The standard InChI is InChI=1S/C12H13N3OS/c1-6-5-9(14-7(2)16)12-8(11(6)13)3-4-10(17)15-12/h3-5H,13H2,1-2H3,(H,14,16)(H,15,17). The summed E-state index contributed by atoms with van der Waals surface area (Å²) in [6.07, 6.45) is 0. The molecule has 0 aliphatic rings. The van der Waals surface area contributed by atoms with Crippen molar-refractivity contribution in [2.45, 2.75) is 13.8 Å². The molecule has 1 aromatic carbocycles. The molecule has 5 heteroatoms. The van der Waals surface area contributed by atoms with Gasteiger partial charge in [-0.1, -0.05) is 12.2 Å². The van der Waals surface area contributed by atoms with Crippen LogP contribution in [0.2, 0.25) is 0 Å². The van der Waals surface area contributed by atoms with Gasteiger partial charge in [0.25, 0.3) is 0 Å². The molecule has 4 nitrogen and oxygen atoms in total. The number of H-pyrrole nitrogens is 1. The van der Waals surface area contributed by atoms with E-state index in [1.165, 1.54) is 6.92 Å². The van der Waals surface area contributed by atoms with Crippen LogP contribution in [0.25, 0.3) is 10.9 Å². The van der Waals surface area contributed by atoms with Gasteiger partial charge >= 0.3 is 0 Å². The first kappa shape index (κ1) is 11.6. The van der Waals surface area contributed by atoms with Crippen molar-refractivity contribution in [1.29, 1.82) is 0 Å². The SMILES string of the molecule is CC(=O)Nc1cc(C)c(N)c2ccc(=S)[nH]c12. The van der Waals surface area contributed by atoms with Gasteiger partial charge in [-0.3, -0.25) is 4.79 Å². The zero-order chi connectivity index (χ0) is 12.6. The van der Waals surface area contributed by atoms with Crippen LogP contribution < -0.4 is 11.1 Å². The molecule has 88 valence electrons. The average Bonchev–Trinajstić information content (AvgIpc) is 2.25. The Morgan fingerprint density at radius 1 is 1.47 bits per heavy atom. The second kappa shape index (κ2) is 4.18. The largest absolute Gasteiger partial charge is 0.398 e. The monoisotopic (exact) mass is 247 g/mol. The zero-order valence-electron chi connectivity index (χ0n) is 9.63. The second-order valence-corrected chi connectivity index (χ2v) is 4.39. The maximum Gasteiger partial charge on any atom is 0.221 e. The number of aromatic nitrogens is 1. The molecule has 0 radical (unpaired) electrons. The first-order valence-electron chi connectivity index (χ1n) is 5.18. The Labute approximate surface area is 104 Å². The van der Waals surface area contributed by atoms with Crippen molar-refractivity contribution in [2.24, 2.45) is 0 Å². The van der Waals surface area contributed by atoms with Crippen LogP contribution in [0.5, 0.6) is 0 Å². The highest BCUT2D eigenvalue weighted by Gasteiger charge is 2.08. The fourth-order valence-electron chi connectivity index (χ4n) is 1.78. The molecule has 17 heavy (non-hydrogen) atoms. The fourth-order valence-corrected chi connectivity index (χ4v) is 1.95. The lowest BCUT2D eigenvalue weighted by molar-refractivity contribution is -0.114. The first-order valence-corrected chi connectivity index (χ1v) is 5.59. The molecular weight excluding hydrogens is 234 g/mol. The summed E-state index contributed by atoms with van der Waals surface area (Å²) in [6.45, 7) is 3.37. The van der Waals surface area contributed by atoms with E-state index in [9.17, 15) is 4.79 Å². The van der Waals surface area contributed by atoms with E-state index < -0.39 is 0 Å². The molecule has 0 unspecified atom stereocenters. The number of pyridine rings is 1. The van der Waals surface area contributed by atoms with Crippen molar-refractivity contribution in [3.63, 3.8) is 0 Å². The van der Waals surface area contributed by atoms with Gasteiger partial charge in [-0.05, 0) is 30.7 Å². The second-order valence-electron chi connectivity index (χ2n) is 3.95. The molecule has 2 rings (SSSR count). The fraction of sp³-hybridized carbons (Fsp3) is 0.167. The minimum Gasteiger partial charge on any atom is -0.398 e. The molecule has 4 N–H and O–H groups in total. The van der Waals surface area contributed by atoms with Gasteiger partial charge in [0.2, 0.25) is 5.91 Å². The van der Waals surface area contributed by atoms with E-state index in [2.05, 4.69) is 10.3 Å². The lowest BCUT2D eigenvalue weighted by Gasteiger charge is -2.11. The molecule has 0 bridgehead atoms. The highest BCUT2D eigenvalue weighted by molar-refractivity contribution is 7.71. The molecule has 1 amide bonds. The number of hydrogen-bond donors (Lipinski definition) is 3. The number of hydrogen-bond acceptors (Lipinski definition) is 3. The molecule has 0 aliphatic heterocycles. The number of amides is 1. The first-order chi connectivity index (χ1) is 7.99. The highest BCUT2D eigenvalue weighted by Crippen LogP contribution is 2.29. The van der Waals surface area contributed by atoms with E-state index in [-0.39, 0.29) is 5.91 Å². The lowest BCUT2D eigenvalue weighted by atomic mass is 10.1. The van der Waals surface area contributed by atoms with Crippen LogP contribution in [0.15, 0.2) is 18.2 Å². The van der Waals surface area contributed by atoms with E-state index in [1.54, 1.807) is 6.07 Å². The highest BCUT2D eigenvalue weighted by atomic mass is 32.1. The summed E-state index contributed by atoms with van der Waals surface area (Å²) in [6, 6.07) is 5.48. The van der Waals surface area contributed by atoms with Gasteiger partial charge in [0, 0.05) is 18.0 Å². The summed E-state index contributed by atoms with van der Waals surface area (Å²) < 4.78 is 0.604. The number of rotatable bonds is 1. The molecule has 1 heterocycles. The predicted octanol–water partition coefficient (Wildman–Crippen LogP) is 2.75. The van der Waals surface area contributed by atoms with E-state index >= 15 is 0 Å². The third-order valence-corrected chi connectivity index (χ3v) is 2.81. The van der Waals surface area contributed by atoms with Gasteiger partial charge < -0.3 is 16.0 Å². The van der Waals surface area contributed by atoms with E-state index in [0.717, 1.165) is 16.5 Å². The summed E-state index contributed by atoms with van der Waals surface area (Å²) in [7, 11) is 0. The van der Waals surface area contributed by atoms with Crippen molar-refractivity contribution in [1.82, 2.24) is 4.98 Å². The minimum atomic E-state index is -0.126. The van der Waals surface area contributed by atoms with E-state index in [4.69, 9.17) is 18.0 Å². The van der Waals surface area contributed by atoms with Gasteiger partial charge in [0.1, 0.15) is 4.64 Å². The summed E-state index contributed by atoms with van der Waals surface area (Å²) in [5.41, 5.74) is 9.08. The molecule has 0 aliphatic carbocycles. The number of aryl methyl sites for hydroxylation is 1. The van der Waals surface area contributed by atoms with Gasteiger partial charge in [-0.25, -0.2) is 0 Å². The predicted molar refractivity (Wildman–Crippen MR) is 72.6 cm³/mol. The third-order valence-electron chi connectivity index (χ3n) is 2.57. The van der Waals surface area contributed by atoms with Gasteiger partial charge in [0.15, 0.2) is 0 Å². The quantitative estimate of drug-likeness (QED) is 0.536. The molecule has 0 atom stereocenters. The molecule has 1 aromatic heterocycles. The van der Waals surface area contributed by atoms with Gasteiger partial charge in [0.05, 0.1) is 11.2 Å².